The highest BCUT2D eigenvalue weighted by Crippen LogP contribution is 2.30. The molecule has 0 bridgehead atoms. The average molecular weight is 293 g/mol. The van der Waals surface area contributed by atoms with Crippen molar-refractivity contribution in [3.8, 4) is 5.75 Å². The summed E-state index contributed by atoms with van der Waals surface area (Å²) < 4.78 is 5.30. The zero-order valence-electron chi connectivity index (χ0n) is 11.0. The van der Waals surface area contributed by atoms with Gasteiger partial charge in [-0.2, -0.15) is 0 Å². The monoisotopic (exact) mass is 293 g/mol. The maximum absolute atomic E-state index is 10.9. The molecule has 0 unspecified atom stereocenters. The predicted molar refractivity (Wildman–Crippen MR) is 78.6 cm³/mol. The number of benzene rings is 1. The Morgan fingerprint density at radius 1 is 1.50 bits per heavy atom. The highest BCUT2D eigenvalue weighted by atomic mass is 32.1. The summed E-state index contributed by atoms with van der Waals surface area (Å²) >= 11 is 1.57. The topological polar surface area (TPSA) is 77.3 Å². The van der Waals surface area contributed by atoms with Crippen LogP contribution in [0.4, 0.5) is 11.4 Å². The molecule has 1 aromatic carbocycles. The molecular formula is C13H15N3O3S. The summed E-state index contributed by atoms with van der Waals surface area (Å²) in [6, 6.07) is 4.79. The molecule has 0 fully saturated rings. The van der Waals surface area contributed by atoms with Crippen LogP contribution in [-0.2, 0) is 6.42 Å². The van der Waals surface area contributed by atoms with Gasteiger partial charge in [-0.15, -0.1) is 11.3 Å². The molecule has 0 radical (unpaired) electrons. The minimum atomic E-state index is -0.440. The number of aromatic nitrogens is 1. The van der Waals surface area contributed by atoms with Crippen LogP contribution in [0.15, 0.2) is 29.1 Å². The molecule has 106 valence electrons. The third kappa shape index (κ3) is 3.67. The number of nitrogens with zero attached hydrogens (tertiary/aromatic N) is 2. The Labute approximate surface area is 120 Å². The first-order valence-corrected chi connectivity index (χ1v) is 7.17. The summed E-state index contributed by atoms with van der Waals surface area (Å²) in [5.41, 5.74) is 3.62. The van der Waals surface area contributed by atoms with Gasteiger partial charge in [-0.3, -0.25) is 10.1 Å². The number of thiazole rings is 1. The molecule has 20 heavy (non-hydrogen) atoms. The Kier molecular flexibility index (Phi) is 4.89. The van der Waals surface area contributed by atoms with E-state index in [4.69, 9.17) is 4.74 Å². The van der Waals surface area contributed by atoms with E-state index in [2.05, 4.69) is 10.3 Å². The lowest BCUT2D eigenvalue weighted by atomic mass is 10.2. The number of hydrogen-bond acceptors (Lipinski definition) is 6. The van der Waals surface area contributed by atoms with E-state index >= 15 is 0 Å². The van der Waals surface area contributed by atoms with Gasteiger partial charge in [-0.1, -0.05) is 0 Å². The molecule has 7 heteroatoms. The predicted octanol–water partition coefficient (Wildman–Crippen LogP) is 3.10. The van der Waals surface area contributed by atoms with Gasteiger partial charge in [-0.05, 0) is 13.0 Å². The Balaban J connectivity index is 2.01. The van der Waals surface area contributed by atoms with E-state index in [1.165, 1.54) is 6.07 Å². The molecule has 2 rings (SSSR count). The van der Waals surface area contributed by atoms with Gasteiger partial charge in [0.15, 0.2) is 5.75 Å². The molecule has 0 aliphatic rings. The lowest BCUT2D eigenvalue weighted by molar-refractivity contribution is -0.385. The molecule has 0 saturated carbocycles. The van der Waals surface area contributed by atoms with E-state index in [0.29, 0.717) is 13.2 Å². The third-order valence-corrected chi connectivity index (χ3v) is 3.29. The van der Waals surface area contributed by atoms with Crippen LogP contribution < -0.4 is 10.1 Å². The van der Waals surface area contributed by atoms with E-state index in [-0.39, 0.29) is 11.4 Å². The van der Waals surface area contributed by atoms with Gasteiger partial charge in [0, 0.05) is 36.2 Å². The maximum atomic E-state index is 10.9. The fraction of sp³-hybridized carbons (Fsp3) is 0.308. The van der Waals surface area contributed by atoms with Crippen LogP contribution in [0.2, 0.25) is 0 Å². The SMILES string of the molecule is CCOc1cc(NCCc2cscn2)ccc1[N+](=O)[O-]. The fourth-order valence-electron chi connectivity index (χ4n) is 1.74. The average Bonchev–Trinajstić information content (AvgIpc) is 2.92. The Morgan fingerprint density at radius 3 is 3.00 bits per heavy atom. The first-order chi connectivity index (χ1) is 9.70. The van der Waals surface area contributed by atoms with Crippen molar-refractivity contribution in [1.82, 2.24) is 4.98 Å². The molecule has 0 aliphatic heterocycles. The van der Waals surface area contributed by atoms with Gasteiger partial charge in [0.1, 0.15) is 0 Å². The zero-order valence-corrected chi connectivity index (χ0v) is 11.9. The molecule has 2 aromatic rings. The fourth-order valence-corrected chi connectivity index (χ4v) is 2.33. The van der Waals surface area contributed by atoms with Crippen LogP contribution in [0.25, 0.3) is 0 Å². The Morgan fingerprint density at radius 2 is 2.35 bits per heavy atom. The molecule has 1 N–H and O–H groups in total. The largest absolute Gasteiger partial charge is 0.487 e. The van der Waals surface area contributed by atoms with Gasteiger partial charge >= 0.3 is 5.69 Å². The first-order valence-electron chi connectivity index (χ1n) is 6.23. The number of anilines is 1. The number of nitrogens with one attached hydrogen (secondary N) is 1. The highest BCUT2D eigenvalue weighted by molar-refractivity contribution is 7.07. The van der Waals surface area contributed by atoms with Crippen molar-refractivity contribution < 1.29 is 9.66 Å². The van der Waals surface area contributed by atoms with Gasteiger partial charge < -0.3 is 10.1 Å². The summed E-state index contributed by atoms with van der Waals surface area (Å²) in [6.45, 7) is 2.91. The van der Waals surface area contributed by atoms with E-state index in [0.717, 1.165) is 17.8 Å². The van der Waals surface area contributed by atoms with Crippen LogP contribution in [0.3, 0.4) is 0 Å². The van der Waals surface area contributed by atoms with Crippen molar-refractivity contribution in [2.24, 2.45) is 0 Å². The molecule has 0 atom stereocenters. The Hall–Kier alpha value is -2.15. The van der Waals surface area contributed by atoms with Gasteiger partial charge in [-0.25, -0.2) is 4.98 Å². The molecular weight excluding hydrogens is 278 g/mol. The van der Waals surface area contributed by atoms with E-state index < -0.39 is 4.92 Å². The molecule has 6 nitrogen and oxygen atoms in total. The number of rotatable bonds is 7. The number of hydrogen-bond donors (Lipinski definition) is 1. The van der Waals surface area contributed by atoms with Crippen LogP contribution >= 0.6 is 11.3 Å². The molecule has 1 heterocycles. The van der Waals surface area contributed by atoms with Gasteiger partial charge in [0.25, 0.3) is 0 Å². The van der Waals surface area contributed by atoms with E-state index in [9.17, 15) is 10.1 Å². The normalized spacial score (nSPS) is 10.2. The van der Waals surface area contributed by atoms with Crippen molar-refractivity contribution in [1.29, 1.82) is 0 Å². The van der Waals surface area contributed by atoms with Gasteiger partial charge in [0.2, 0.25) is 0 Å². The van der Waals surface area contributed by atoms with E-state index in [1.54, 1.807) is 35.9 Å². The second-order valence-corrected chi connectivity index (χ2v) is 4.75. The lowest BCUT2D eigenvalue weighted by Gasteiger charge is -2.09. The quantitative estimate of drug-likeness (QED) is 0.627. The Bertz CT molecular complexity index is 572. The van der Waals surface area contributed by atoms with Crippen molar-refractivity contribution >= 4 is 22.7 Å². The summed E-state index contributed by atoms with van der Waals surface area (Å²) in [4.78, 5) is 14.6. The van der Waals surface area contributed by atoms with Gasteiger partial charge in [0.05, 0.1) is 22.7 Å². The smallest absolute Gasteiger partial charge is 0.311 e. The van der Waals surface area contributed by atoms with Crippen molar-refractivity contribution in [3.05, 3.63) is 44.9 Å². The molecule has 0 spiro atoms. The zero-order chi connectivity index (χ0) is 14.4. The first kappa shape index (κ1) is 14.3. The van der Waals surface area contributed by atoms with Crippen LogP contribution in [0.1, 0.15) is 12.6 Å². The molecule has 1 aromatic heterocycles. The maximum Gasteiger partial charge on any atom is 0.311 e. The second kappa shape index (κ2) is 6.85. The van der Waals surface area contributed by atoms with Crippen LogP contribution in [0.5, 0.6) is 5.75 Å². The summed E-state index contributed by atoms with van der Waals surface area (Å²) in [5, 5.41) is 16.1. The molecule has 0 saturated heterocycles. The second-order valence-electron chi connectivity index (χ2n) is 4.03. The van der Waals surface area contributed by atoms with Crippen LogP contribution in [0, 0.1) is 10.1 Å². The third-order valence-electron chi connectivity index (χ3n) is 2.65. The minimum absolute atomic E-state index is 0.0168. The van der Waals surface area contributed by atoms with Crippen LogP contribution in [-0.4, -0.2) is 23.1 Å². The molecule has 0 aliphatic carbocycles. The minimum Gasteiger partial charge on any atom is -0.487 e. The van der Waals surface area contributed by atoms with Crippen molar-refractivity contribution in [2.75, 3.05) is 18.5 Å². The highest BCUT2D eigenvalue weighted by Gasteiger charge is 2.15. The standard InChI is InChI=1S/C13H15N3O3S/c1-2-19-13-7-10(3-4-12(13)16(17)18)14-6-5-11-8-20-9-15-11/h3-4,7-9,14H,2,5-6H2,1H3. The van der Waals surface area contributed by atoms with E-state index in [1.807, 2.05) is 5.38 Å². The summed E-state index contributed by atoms with van der Waals surface area (Å²) in [6.07, 6.45) is 0.810. The summed E-state index contributed by atoms with van der Waals surface area (Å²) in [5.74, 6) is 0.288. The summed E-state index contributed by atoms with van der Waals surface area (Å²) in [7, 11) is 0. The number of ether oxygens (including phenoxy) is 1. The number of nitro benzene ring substituents is 1. The molecule has 0 amide bonds. The van der Waals surface area contributed by atoms with Crippen molar-refractivity contribution in [3.63, 3.8) is 0 Å². The number of nitro groups is 1. The lowest BCUT2D eigenvalue weighted by Crippen LogP contribution is -2.06. The van der Waals surface area contributed by atoms with Crippen molar-refractivity contribution in [2.45, 2.75) is 13.3 Å².